The Balaban J connectivity index is 1.98. The van der Waals surface area contributed by atoms with Crippen molar-refractivity contribution in [1.82, 2.24) is 4.98 Å². The Morgan fingerprint density at radius 1 is 1.06 bits per heavy atom. The van der Waals surface area contributed by atoms with E-state index in [-0.39, 0.29) is 16.9 Å². The molecule has 2 heterocycles. The van der Waals surface area contributed by atoms with E-state index in [1.54, 1.807) is 67.0 Å². The van der Waals surface area contributed by atoms with Gasteiger partial charge in [-0.05, 0) is 48.0 Å². The number of amides is 1. The van der Waals surface area contributed by atoms with E-state index in [0.29, 0.717) is 27.8 Å². The van der Waals surface area contributed by atoms with E-state index in [2.05, 4.69) is 4.98 Å². The van der Waals surface area contributed by atoms with Gasteiger partial charge >= 0.3 is 0 Å². The summed E-state index contributed by atoms with van der Waals surface area (Å²) >= 11 is 6.14. The van der Waals surface area contributed by atoms with E-state index in [1.807, 2.05) is 0 Å². The lowest BCUT2D eigenvalue weighted by Gasteiger charge is -2.25. The Bertz CT molecular complexity index is 1230. The number of anilines is 1. The van der Waals surface area contributed by atoms with E-state index in [9.17, 15) is 14.7 Å². The first kappa shape index (κ1) is 21.4. The molecule has 0 saturated carbocycles. The second-order valence-corrected chi connectivity index (χ2v) is 7.44. The lowest BCUT2D eigenvalue weighted by Crippen LogP contribution is -2.29. The fourth-order valence-corrected chi connectivity index (χ4v) is 3.91. The topological polar surface area (TPSA) is 89.0 Å². The van der Waals surface area contributed by atoms with Crippen LogP contribution in [0, 0.1) is 0 Å². The molecule has 0 radical (unpaired) electrons. The summed E-state index contributed by atoms with van der Waals surface area (Å²) < 4.78 is 10.6. The van der Waals surface area contributed by atoms with E-state index >= 15 is 0 Å². The molecule has 32 heavy (non-hydrogen) atoms. The maximum absolute atomic E-state index is 13.2. The molecule has 1 unspecified atom stereocenters. The fourth-order valence-electron chi connectivity index (χ4n) is 3.72. The fraction of sp³-hybridized carbons (Fsp3) is 0.125. The quantitative estimate of drug-likeness (QED) is 0.352. The summed E-state index contributed by atoms with van der Waals surface area (Å²) in [6.45, 7) is 0. The van der Waals surface area contributed by atoms with Gasteiger partial charge in [0, 0.05) is 23.1 Å². The molecule has 0 aliphatic carbocycles. The number of halogens is 1. The Hall–Kier alpha value is -3.84. The number of Topliss-reactive ketones (excluding diaryl/α,β-unsaturated/α-hetero) is 1. The van der Waals surface area contributed by atoms with Crippen LogP contribution in [0.5, 0.6) is 11.5 Å². The molecule has 1 atom stereocenters. The molecule has 1 fully saturated rings. The molecule has 3 aromatic rings. The summed E-state index contributed by atoms with van der Waals surface area (Å²) in [5.41, 5.74) is 1.11. The van der Waals surface area contributed by atoms with Crippen LogP contribution in [0.25, 0.3) is 5.76 Å². The van der Waals surface area contributed by atoms with Crippen molar-refractivity contribution in [2.45, 2.75) is 6.04 Å². The highest BCUT2D eigenvalue weighted by molar-refractivity contribution is 6.51. The third kappa shape index (κ3) is 3.67. The molecule has 1 N–H and O–H groups in total. The summed E-state index contributed by atoms with van der Waals surface area (Å²) in [5, 5.41) is 11.7. The summed E-state index contributed by atoms with van der Waals surface area (Å²) in [4.78, 5) is 31.8. The highest BCUT2D eigenvalue weighted by Crippen LogP contribution is 2.43. The van der Waals surface area contributed by atoms with Crippen LogP contribution < -0.4 is 14.4 Å². The third-order valence-electron chi connectivity index (χ3n) is 5.19. The van der Waals surface area contributed by atoms with E-state index < -0.39 is 17.7 Å². The SMILES string of the molecule is COc1ccc(OC)c(/C(O)=C2\C(=O)C(=O)N(c3cccc(Cl)c3)C2c2cccnc2)c1. The number of aliphatic hydroxyl groups is 1. The number of methoxy groups -OCH3 is 2. The number of aliphatic hydroxyl groups excluding tert-OH is 1. The molecule has 1 amide bonds. The number of carbonyl (C=O) groups is 2. The van der Waals surface area contributed by atoms with Gasteiger partial charge in [-0.15, -0.1) is 0 Å². The van der Waals surface area contributed by atoms with Crippen molar-refractivity contribution in [3.8, 4) is 11.5 Å². The van der Waals surface area contributed by atoms with Crippen molar-refractivity contribution in [1.29, 1.82) is 0 Å². The number of pyridine rings is 1. The smallest absolute Gasteiger partial charge is 0.300 e. The number of rotatable bonds is 5. The zero-order valence-corrected chi connectivity index (χ0v) is 18.0. The van der Waals surface area contributed by atoms with E-state index in [1.165, 1.54) is 19.1 Å². The molecule has 7 nitrogen and oxygen atoms in total. The number of aromatic nitrogens is 1. The van der Waals surface area contributed by atoms with Crippen molar-refractivity contribution in [3.63, 3.8) is 0 Å². The second kappa shape index (κ2) is 8.72. The van der Waals surface area contributed by atoms with Crippen LogP contribution in [0.2, 0.25) is 5.02 Å². The number of carbonyl (C=O) groups excluding carboxylic acids is 2. The van der Waals surface area contributed by atoms with Crippen LogP contribution in [-0.4, -0.2) is 36.0 Å². The summed E-state index contributed by atoms with van der Waals surface area (Å²) in [6.07, 6.45) is 3.13. The molecule has 1 aliphatic heterocycles. The van der Waals surface area contributed by atoms with E-state index in [0.717, 1.165) is 0 Å². The molecule has 1 aliphatic rings. The normalized spacial score (nSPS) is 17.5. The molecular weight excluding hydrogens is 432 g/mol. The molecule has 4 rings (SSSR count). The highest BCUT2D eigenvalue weighted by Gasteiger charge is 2.47. The van der Waals surface area contributed by atoms with Gasteiger partial charge < -0.3 is 14.6 Å². The summed E-state index contributed by atoms with van der Waals surface area (Å²) in [5.74, 6) is -1.22. The van der Waals surface area contributed by atoms with Crippen molar-refractivity contribution >= 4 is 34.7 Å². The first-order valence-electron chi connectivity index (χ1n) is 9.65. The minimum Gasteiger partial charge on any atom is -0.507 e. The van der Waals surface area contributed by atoms with Crippen molar-refractivity contribution < 1.29 is 24.2 Å². The predicted molar refractivity (Wildman–Crippen MR) is 120 cm³/mol. The Labute approximate surface area is 189 Å². The number of hydrogen-bond donors (Lipinski definition) is 1. The van der Waals surface area contributed by atoms with Crippen LogP contribution >= 0.6 is 11.6 Å². The maximum atomic E-state index is 13.2. The number of nitrogens with zero attached hydrogens (tertiary/aromatic N) is 2. The first-order valence-corrected chi connectivity index (χ1v) is 10.0. The van der Waals surface area contributed by atoms with Gasteiger partial charge in [-0.3, -0.25) is 19.5 Å². The largest absolute Gasteiger partial charge is 0.507 e. The van der Waals surface area contributed by atoms with Crippen LogP contribution in [0.4, 0.5) is 5.69 Å². The minimum absolute atomic E-state index is 0.0884. The Kier molecular flexibility index (Phi) is 5.83. The van der Waals surface area contributed by atoms with Gasteiger partial charge in [0.05, 0.1) is 31.4 Å². The van der Waals surface area contributed by atoms with Gasteiger partial charge in [0.2, 0.25) is 0 Å². The maximum Gasteiger partial charge on any atom is 0.300 e. The average Bonchev–Trinajstić information content (AvgIpc) is 3.09. The lowest BCUT2D eigenvalue weighted by atomic mass is 9.95. The van der Waals surface area contributed by atoms with Gasteiger partial charge in [-0.25, -0.2) is 0 Å². The van der Waals surface area contributed by atoms with Crippen LogP contribution in [0.15, 0.2) is 72.6 Å². The van der Waals surface area contributed by atoms with Gasteiger partial charge in [0.15, 0.2) is 0 Å². The Morgan fingerprint density at radius 2 is 1.88 bits per heavy atom. The van der Waals surface area contributed by atoms with Crippen LogP contribution in [0.3, 0.4) is 0 Å². The molecule has 1 aromatic heterocycles. The average molecular weight is 451 g/mol. The molecule has 2 aromatic carbocycles. The van der Waals surface area contributed by atoms with Gasteiger partial charge in [-0.1, -0.05) is 23.7 Å². The second-order valence-electron chi connectivity index (χ2n) is 7.00. The molecule has 1 saturated heterocycles. The van der Waals surface area contributed by atoms with Crippen molar-refractivity contribution in [3.05, 3.63) is 88.7 Å². The summed E-state index contributed by atoms with van der Waals surface area (Å²) in [7, 11) is 2.93. The standard InChI is InChI=1S/C24H19ClN2O5/c1-31-17-8-9-19(32-2)18(12-17)22(28)20-21(14-5-4-10-26-13-14)27(24(30)23(20)29)16-7-3-6-15(25)11-16/h3-13,21,28H,1-2H3/b22-20+. The van der Waals surface area contributed by atoms with Gasteiger partial charge in [0.1, 0.15) is 17.3 Å². The molecule has 0 spiro atoms. The van der Waals surface area contributed by atoms with Gasteiger partial charge in [0.25, 0.3) is 11.7 Å². The number of ether oxygens (including phenoxy) is 2. The molecule has 162 valence electrons. The highest BCUT2D eigenvalue weighted by atomic mass is 35.5. The predicted octanol–water partition coefficient (Wildman–Crippen LogP) is 4.38. The summed E-state index contributed by atoms with van der Waals surface area (Å²) in [6, 6.07) is 13.9. The zero-order valence-electron chi connectivity index (χ0n) is 17.3. The van der Waals surface area contributed by atoms with Crippen molar-refractivity contribution in [2.75, 3.05) is 19.1 Å². The van der Waals surface area contributed by atoms with E-state index in [4.69, 9.17) is 21.1 Å². The first-order chi connectivity index (χ1) is 15.5. The Morgan fingerprint density at radius 3 is 2.53 bits per heavy atom. The zero-order chi connectivity index (χ0) is 22.8. The molecule has 0 bridgehead atoms. The molecule has 8 heteroatoms. The number of benzene rings is 2. The van der Waals surface area contributed by atoms with Crippen molar-refractivity contribution in [2.24, 2.45) is 0 Å². The number of hydrogen-bond acceptors (Lipinski definition) is 6. The van der Waals surface area contributed by atoms with Crippen LogP contribution in [-0.2, 0) is 9.59 Å². The minimum atomic E-state index is -0.918. The monoisotopic (exact) mass is 450 g/mol. The lowest BCUT2D eigenvalue weighted by molar-refractivity contribution is -0.132. The van der Waals surface area contributed by atoms with Gasteiger partial charge in [-0.2, -0.15) is 0 Å². The van der Waals surface area contributed by atoms with Crippen LogP contribution in [0.1, 0.15) is 17.2 Å². The number of ketones is 1. The third-order valence-corrected chi connectivity index (χ3v) is 5.43. The molecular formula is C24H19ClN2O5.